The number of nitro benzene ring substituents is 1. The molecule has 0 bridgehead atoms. The van der Waals surface area contributed by atoms with E-state index in [1.54, 1.807) is 0 Å². The van der Waals surface area contributed by atoms with Gasteiger partial charge in [-0.2, -0.15) is 0 Å². The van der Waals surface area contributed by atoms with Crippen molar-refractivity contribution in [2.24, 2.45) is 0 Å². The van der Waals surface area contributed by atoms with Crippen molar-refractivity contribution in [2.75, 3.05) is 5.32 Å². The van der Waals surface area contributed by atoms with E-state index in [0.29, 0.717) is 6.07 Å². The molecule has 1 amide bonds. The molecule has 1 aromatic carbocycles. The van der Waals surface area contributed by atoms with Gasteiger partial charge in [0.25, 0.3) is 11.6 Å². The molecule has 1 aromatic heterocycles. The molecule has 9 heteroatoms. The minimum atomic E-state index is -0.842. The zero-order chi connectivity index (χ0) is 14.7. The van der Waals surface area contributed by atoms with Gasteiger partial charge in [-0.05, 0) is 12.1 Å². The summed E-state index contributed by atoms with van der Waals surface area (Å²) in [7, 11) is 0. The fourth-order valence-corrected chi connectivity index (χ4v) is 1.51. The van der Waals surface area contributed by atoms with Crippen molar-refractivity contribution in [1.29, 1.82) is 0 Å². The van der Waals surface area contributed by atoms with Crippen molar-refractivity contribution >= 4 is 29.0 Å². The summed E-state index contributed by atoms with van der Waals surface area (Å²) < 4.78 is 13.0. The number of rotatable bonds is 3. The number of amides is 1. The molecule has 0 aliphatic carbocycles. The molecule has 0 spiro atoms. The monoisotopic (exact) mass is 296 g/mol. The second-order valence-corrected chi connectivity index (χ2v) is 3.98. The first-order valence-electron chi connectivity index (χ1n) is 5.20. The Morgan fingerprint density at radius 3 is 2.70 bits per heavy atom. The van der Waals surface area contributed by atoms with E-state index in [9.17, 15) is 19.3 Å². The molecule has 20 heavy (non-hydrogen) atoms. The molecular weight excluding hydrogens is 291 g/mol. The van der Waals surface area contributed by atoms with Gasteiger partial charge in [0.1, 0.15) is 16.5 Å². The van der Waals surface area contributed by atoms with E-state index >= 15 is 0 Å². The SMILES string of the molecule is O=C(Nc1cnc(Cl)cn1)c1ccc(F)cc1[N+](=O)[O-]. The standard InChI is InChI=1S/C11H6ClFN4O3/c12-9-4-15-10(5-14-9)16-11(18)7-2-1-6(13)3-8(7)17(19)20/h1-5H,(H,15,16,18). The molecule has 0 saturated heterocycles. The van der Waals surface area contributed by atoms with Gasteiger partial charge in [-0.15, -0.1) is 0 Å². The smallest absolute Gasteiger partial charge is 0.285 e. The third-order valence-electron chi connectivity index (χ3n) is 2.26. The summed E-state index contributed by atoms with van der Waals surface area (Å²) in [6.07, 6.45) is 2.39. The maximum atomic E-state index is 13.0. The largest absolute Gasteiger partial charge is 0.305 e. The minimum absolute atomic E-state index is 0.0676. The number of carbonyl (C=O) groups excluding carboxylic acids is 1. The molecule has 1 heterocycles. The summed E-state index contributed by atoms with van der Waals surface area (Å²) in [6.45, 7) is 0. The normalized spacial score (nSPS) is 10.1. The molecule has 0 radical (unpaired) electrons. The first-order valence-corrected chi connectivity index (χ1v) is 5.58. The summed E-state index contributed by atoms with van der Waals surface area (Å²) in [5.74, 6) is -1.54. The highest BCUT2D eigenvalue weighted by Crippen LogP contribution is 2.20. The zero-order valence-corrected chi connectivity index (χ0v) is 10.5. The van der Waals surface area contributed by atoms with E-state index in [-0.39, 0.29) is 16.5 Å². The van der Waals surface area contributed by atoms with E-state index in [0.717, 1.165) is 12.1 Å². The fourth-order valence-electron chi connectivity index (χ4n) is 1.41. The second kappa shape index (κ2) is 5.57. The van der Waals surface area contributed by atoms with Crippen LogP contribution in [0, 0.1) is 15.9 Å². The van der Waals surface area contributed by atoms with Crippen LogP contribution in [-0.2, 0) is 0 Å². The Morgan fingerprint density at radius 2 is 2.10 bits per heavy atom. The van der Waals surface area contributed by atoms with Crippen LogP contribution in [0.2, 0.25) is 5.15 Å². The summed E-state index contributed by atoms with van der Waals surface area (Å²) in [5.41, 5.74) is -0.919. The van der Waals surface area contributed by atoms with Crippen molar-refractivity contribution in [2.45, 2.75) is 0 Å². The number of halogens is 2. The van der Waals surface area contributed by atoms with Crippen LogP contribution in [0.4, 0.5) is 15.9 Å². The molecule has 0 aliphatic rings. The van der Waals surface area contributed by atoms with E-state index < -0.39 is 22.3 Å². The molecule has 0 aliphatic heterocycles. The van der Waals surface area contributed by atoms with E-state index in [2.05, 4.69) is 15.3 Å². The third-order valence-corrected chi connectivity index (χ3v) is 2.46. The lowest BCUT2D eigenvalue weighted by Crippen LogP contribution is -2.15. The van der Waals surface area contributed by atoms with Gasteiger partial charge < -0.3 is 5.32 Å². The maximum absolute atomic E-state index is 13.0. The number of hydrogen-bond donors (Lipinski definition) is 1. The Balaban J connectivity index is 2.29. The molecule has 0 unspecified atom stereocenters. The lowest BCUT2D eigenvalue weighted by Gasteiger charge is -2.04. The van der Waals surface area contributed by atoms with Crippen LogP contribution < -0.4 is 5.32 Å². The van der Waals surface area contributed by atoms with Gasteiger partial charge in [-0.25, -0.2) is 14.4 Å². The Kier molecular flexibility index (Phi) is 3.85. The second-order valence-electron chi connectivity index (χ2n) is 3.60. The predicted molar refractivity (Wildman–Crippen MR) is 68.0 cm³/mol. The molecule has 1 N–H and O–H groups in total. The van der Waals surface area contributed by atoms with E-state index in [1.807, 2.05) is 0 Å². The van der Waals surface area contributed by atoms with Crippen LogP contribution in [0.15, 0.2) is 30.6 Å². The van der Waals surface area contributed by atoms with E-state index in [4.69, 9.17) is 11.6 Å². The highest BCUT2D eigenvalue weighted by Gasteiger charge is 2.21. The van der Waals surface area contributed by atoms with Crippen molar-refractivity contribution in [1.82, 2.24) is 9.97 Å². The molecular formula is C11H6ClFN4O3. The van der Waals surface area contributed by atoms with E-state index in [1.165, 1.54) is 12.4 Å². The van der Waals surface area contributed by atoms with Gasteiger partial charge in [-0.1, -0.05) is 11.6 Å². The topological polar surface area (TPSA) is 98.0 Å². The molecule has 0 fully saturated rings. The van der Waals surface area contributed by atoms with Gasteiger partial charge in [0, 0.05) is 0 Å². The van der Waals surface area contributed by atoms with Crippen molar-refractivity contribution in [3.05, 3.63) is 57.2 Å². The average Bonchev–Trinajstić information content (AvgIpc) is 2.41. The molecule has 0 atom stereocenters. The quantitative estimate of drug-likeness (QED) is 0.693. The molecule has 2 rings (SSSR count). The highest BCUT2D eigenvalue weighted by atomic mass is 35.5. The van der Waals surface area contributed by atoms with Gasteiger partial charge in [0.2, 0.25) is 0 Å². The van der Waals surface area contributed by atoms with Crippen LogP contribution in [0.3, 0.4) is 0 Å². The third kappa shape index (κ3) is 3.04. The van der Waals surface area contributed by atoms with Crippen molar-refractivity contribution in [3.63, 3.8) is 0 Å². The fraction of sp³-hybridized carbons (Fsp3) is 0. The molecule has 2 aromatic rings. The van der Waals surface area contributed by atoms with Crippen LogP contribution >= 0.6 is 11.6 Å². The summed E-state index contributed by atoms with van der Waals surface area (Å²) in [4.78, 5) is 29.3. The van der Waals surface area contributed by atoms with Gasteiger partial charge >= 0.3 is 0 Å². The number of nitrogens with zero attached hydrogens (tertiary/aromatic N) is 3. The number of anilines is 1. The Hall–Kier alpha value is -2.61. The number of nitro groups is 1. The number of nitrogens with one attached hydrogen (secondary N) is 1. The highest BCUT2D eigenvalue weighted by molar-refractivity contribution is 6.29. The first-order chi connectivity index (χ1) is 9.47. The summed E-state index contributed by atoms with van der Waals surface area (Å²) in [5, 5.41) is 13.2. The summed E-state index contributed by atoms with van der Waals surface area (Å²) in [6, 6.07) is 2.64. The van der Waals surface area contributed by atoms with Crippen LogP contribution in [0.1, 0.15) is 10.4 Å². The minimum Gasteiger partial charge on any atom is -0.305 e. The molecule has 7 nitrogen and oxygen atoms in total. The van der Waals surface area contributed by atoms with Crippen molar-refractivity contribution in [3.8, 4) is 0 Å². The predicted octanol–water partition coefficient (Wildman–Crippen LogP) is 2.43. The van der Waals surface area contributed by atoms with Crippen molar-refractivity contribution < 1.29 is 14.1 Å². The van der Waals surface area contributed by atoms with Crippen LogP contribution in [0.25, 0.3) is 0 Å². The lowest BCUT2D eigenvalue weighted by molar-refractivity contribution is -0.385. The average molecular weight is 297 g/mol. The number of carbonyl (C=O) groups is 1. The number of aromatic nitrogens is 2. The lowest BCUT2D eigenvalue weighted by atomic mass is 10.1. The van der Waals surface area contributed by atoms with Gasteiger partial charge in [0.05, 0.1) is 23.4 Å². The number of benzene rings is 1. The Morgan fingerprint density at radius 1 is 1.35 bits per heavy atom. The van der Waals surface area contributed by atoms with Gasteiger partial charge in [-0.3, -0.25) is 14.9 Å². The van der Waals surface area contributed by atoms with Crippen LogP contribution in [0.5, 0.6) is 0 Å². The molecule has 102 valence electrons. The Bertz CT molecular complexity index is 678. The first kappa shape index (κ1) is 13.8. The van der Waals surface area contributed by atoms with Gasteiger partial charge in [0.15, 0.2) is 5.82 Å². The molecule has 0 saturated carbocycles. The zero-order valence-electron chi connectivity index (χ0n) is 9.71. The maximum Gasteiger partial charge on any atom is 0.285 e. The Labute approximate surface area is 116 Å². The summed E-state index contributed by atoms with van der Waals surface area (Å²) >= 11 is 5.53. The van der Waals surface area contributed by atoms with Crippen LogP contribution in [-0.4, -0.2) is 20.8 Å². The number of hydrogen-bond acceptors (Lipinski definition) is 5.